The van der Waals surface area contributed by atoms with Gasteiger partial charge in [-0.3, -0.25) is 4.79 Å². The van der Waals surface area contributed by atoms with E-state index in [2.05, 4.69) is 12.2 Å². The number of aromatic nitrogens is 2. The summed E-state index contributed by atoms with van der Waals surface area (Å²) >= 11 is 1.63. The minimum Gasteiger partial charge on any atom is -0.368 e. The molecule has 140 valence electrons. The van der Waals surface area contributed by atoms with E-state index in [1.54, 1.807) is 11.3 Å². The highest BCUT2D eigenvalue weighted by molar-refractivity contribution is 7.18. The number of rotatable bonds is 5. The summed E-state index contributed by atoms with van der Waals surface area (Å²) in [6, 6.07) is 18.6. The highest BCUT2D eigenvalue weighted by atomic mass is 32.1. The third kappa shape index (κ3) is 3.34. The number of primary amides is 1. The van der Waals surface area contributed by atoms with Gasteiger partial charge in [-0.25, -0.2) is 9.97 Å². The quantitative estimate of drug-likeness (QED) is 0.523. The van der Waals surface area contributed by atoms with Crippen LogP contribution in [-0.2, 0) is 4.79 Å². The summed E-state index contributed by atoms with van der Waals surface area (Å²) in [6.45, 7) is 4.11. The summed E-state index contributed by atoms with van der Waals surface area (Å²) in [5, 5.41) is 4.22. The van der Waals surface area contributed by atoms with Crippen LogP contribution in [-0.4, -0.2) is 15.9 Å². The molecule has 0 fully saturated rings. The van der Waals surface area contributed by atoms with Gasteiger partial charge < -0.3 is 11.1 Å². The molecule has 2 heterocycles. The predicted molar refractivity (Wildman–Crippen MR) is 114 cm³/mol. The number of hydrogen-bond acceptors (Lipinski definition) is 5. The number of aryl methyl sites for hydroxylation is 2. The SMILES string of the molecule is Cc1sc2nc(-c3ccccc3)nc(NC(C(N)=O)c3ccccc3)c2c1C. The van der Waals surface area contributed by atoms with Crippen LogP contribution in [0.25, 0.3) is 21.6 Å². The number of nitrogens with zero attached hydrogens (tertiary/aromatic N) is 2. The van der Waals surface area contributed by atoms with Crippen molar-refractivity contribution in [1.82, 2.24) is 9.97 Å². The molecule has 0 aliphatic rings. The predicted octanol–water partition coefficient (Wildman–Crippen LogP) is 4.61. The third-order valence-electron chi connectivity index (χ3n) is 4.76. The number of carbonyl (C=O) groups is 1. The smallest absolute Gasteiger partial charge is 0.244 e. The molecule has 1 amide bonds. The molecule has 5 nitrogen and oxygen atoms in total. The van der Waals surface area contributed by atoms with Gasteiger partial charge in [0.25, 0.3) is 0 Å². The number of anilines is 1. The van der Waals surface area contributed by atoms with Gasteiger partial charge in [-0.1, -0.05) is 60.7 Å². The fourth-order valence-corrected chi connectivity index (χ4v) is 4.20. The van der Waals surface area contributed by atoms with Crippen molar-refractivity contribution < 1.29 is 4.79 Å². The fraction of sp³-hybridized carbons (Fsp3) is 0.136. The maximum absolute atomic E-state index is 12.2. The summed E-state index contributed by atoms with van der Waals surface area (Å²) in [5.74, 6) is 0.787. The average molecular weight is 388 g/mol. The second-order valence-corrected chi connectivity index (χ2v) is 7.82. The van der Waals surface area contributed by atoms with Crippen molar-refractivity contribution in [2.75, 3.05) is 5.32 Å². The van der Waals surface area contributed by atoms with E-state index in [-0.39, 0.29) is 0 Å². The first-order valence-corrected chi connectivity index (χ1v) is 9.80. The summed E-state index contributed by atoms with van der Waals surface area (Å²) in [5.41, 5.74) is 8.54. The third-order valence-corrected chi connectivity index (χ3v) is 5.86. The van der Waals surface area contributed by atoms with Gasteiger partial charge in [0.1, 0.15) is 16.7 Å². The van der Waals surface area contributed by atoms with Gasteiger partial charge in [-0.2, -0.15) is 0 Å². The van der Waals surface area contributed by atoms with E-state index in [9.17, 15) is 4.79 Å². The lowest BCUT2D eigenvalue weighted by Crippen LogP contribution is -2.28. The topological polar surface area (TPSA) is 80.9 Å². The number of fused-ring (bicyclic) bond motifs is 1. The van der Waals surface area contributed by atoms with E-state index in [4.69, 9.17) is 15.7 Å². The van der Waals surface area contributed by atoms with E-state index in [1.807, 2.05) is 67.6 Å². The lowest BCUT2D eigenvalue weighted by atomic mass is 10.1. The number of hydrogen-bond donors (Lipinski definition) is 2. The molecule has 3 N–H and O–H groups in total. The second kappa shape index (κ2) is 7.40. The van der Waals surface area contributed by atoms with Crippen molar-refractivity contribution in [1.29, 1.82) is 0 Å². The first-order valence-electron chi connectivity index (χ1n) is 8.98. The largest absolute Gasteiger partial charge is 0.368 e. The highest BCUT2D eigenvalue weighted by Gasteiger charge is 2.22. The minimum atomic E-state index is -0.678. The second-order valence-electron chi connectivity index (χ2n) is 6.62. The monoisotopic (exact) mass is 388 g/mol. The molecule has 0 saturated carbocycles. The van der Waals surface area contributed by atoms with E-state index >= 15 is 0 Å². The standard InChI is InChI=1S/C22H20N4OS/c1-13-14(2)28-22-17(13)21(25-20(26-22)16-11-7-4-8-12-16)24-18(19(23)27)15-9-5-3-6-10-15/h3-12,18H,1-2H3,(H2,23,27)(H,24,25,26). The Morgan fingerprint density at radius 2 is 1.64 bits per heavy atom. The van der Waals surface area contributed by atoms with Crippen LogP contribution in [0.3, 0.4) is 0 Å². The molecule has 0 aliphatic heterocycles. The van der Waals surface area contributed by atoms with Gasteiger partial charge in [0.15, 0.2) is 5.82 Å². The number of nitrogens with two attached hydrogens (primary N) is 1. The zero-order valence-electron chi connectivity index (χ0n) is 15.6. The molecule has 0 aliphatic carbocycles. The van der Waals surface area contributed by atoms with Crippen LogP contribution in [0.15, 0.2) is 60.7 Å². The molecule has 0 spiro atoms. The number of nitrogens with one attached hydrogen (secondary N) is 1. The molecule has 2 aromatic heterocycles. The van der Waals surface area contributed by atoms with E-state index in [1.165, 1.54) is 4.88 Å². The van der Waals surface area contributed by atoms with E-state index in [0.717, 1.165) is 26.9 Å². The highest BCUT2D eigenvalue weighted by Crippen LogP contribution is 2.36. The molecule has 4 rings (SSSR count). The number of amides is 1. The Hall–Kier alpha value is -3.25. The molecule has 1 unspecified atom stereocenters. The lowest BCUT2D eigenvalue weighted by molar-refractivity contribution is -0.118. The van der Waals surface area contributed by atoms with Gasteiger partial charge >= 0.3 is 0 Å². The maximum Gasteiger partial charge on any atom is 0.244 e. The van der Waals surface area contributed by atoms with Crippen LogP contribution in [0.1, 0.15) is 22.0 Å². The minimum absolute atomic E-state index is 0.455. The Balaban J connectivity index is 1.88. The van der Waals surface area contributed by atoms with Crippen LogP contribution in [0, 0.1) is 13.8 Å². The fourth-order valence-electron chi connectivity index (χ4n) is 3.17. The summed E-state index contributed by atoms with van der Waals surface area (Å²) in [6.07, 6.45) is 0. The summed E-state index contributed by atoms with van der Waals surface area (Å²) in [4.78, 5) is 23.8. The van der Waals surface area contributed by atoms with Gasteiger partial charge in [-0.15, -0.1) is 11.3 Å². The van der Waals surface area contributed by atoms with Crippen molar-refractivity contribution in [3.05, 3.63) is 76.7 Å². The van der Waals surface area contributed by atoms with Crippen molar-refractivity contribution in [3.63, 3.8) is 0 Å². The van der Waals surface area contributed by atoms with Gasteiger partial charge in [0.2, 0.25) is 5.91 Å². The molecule has 0 bridgehead atoms. The first-order chi connectivity index (χ1) is 13.5. The zero-order chi connectivity index (χ0) is 19.7. The summed E-state index contributed by atoms with van der Waals surface area (Å²) < 4.78 is 0. The van der Waals surface area contributed by atoms with Crippen LogP contribution < -0.4 is 11.1 Å². The van der Waals surface area contributed by atoms with Crippen molar-refractivity contribution in [2.45, 2.75) is 19.9 Å². The van der Waals surface area contributed by atoms with Gasteiger partial charge in [0.05, 0.1) is 5.39 Å². The summed E-state index contributed by atoms with van der Waals surface area (Å²) in [7, 11) is 0. The first kappa shape index (κ1) is 18.1. The van der Waals surface area contributed by atoms with Gasteiger partial charge in [0, 0.05) is 10.4 Å². The Morgan fingerprint density at radius 3 is 2.29 bits per heavy atom. The van der Waals surface area contributed by atoms with Crippen LogP contribution >= 0.6 is 11.3 Å². The zero-order valence-corrected chi connectivity index (χ0v) is 16.5. The van der Waals surface area contributed by atoms with Crippen molar-refractivity contribution in [2.24, 2.45) is 5.73 Å². The Labute approximate surface area is 167 Å². The number of thiophene rings is 1. The molecular formula is C22H20N4OS. The molecule has 0 radical (unpaired) electrons. The van der Waals surface area contributed by atoms with Crippen LogP contribution in [0.2, 0.25) is 0 Å². The van der Waals surface area contributed by atoms with Crippen LogP contribution in [0.5, 0.6) is 0 Å². The maximum atomic E-state index is 12.2. The average Bonchev–Trinajstić information content (AvgIpc) is 3.01. The van der Waals surface area contributed by atoms with Crippen molar-refractivity contribution in [3.8, 4) is 11.4 Å². The Kier molecular flexibility index (Phi) is 4.79. The Bertz CT molecular complexity index is 1140. The number of carbonyl (C=O) groups excluding carboxylic acids is 1. The molecular weight excluding hydrogens is 368 g/mol. The Morgan fingerprint density at radius 1 is 1.00 bits per heavy atom. The molecule has 28 heavy (non-hydrogen) atoms. The lowest BCUT2D eigenvalue weighted by Gasteiger charge is -2.18. The van der Waals surface area contributed by atoms with Crippen LogP contribution in [0.4, 0.5) is 5.82 Å². The molecule has 1 atom stereocenters. The molecule has 6 heteroatoms. The molecule has 2 aromatic carbocycles. The normalized spacial score (nSPS) is 12.1. The van der Waals surface area contributed by atoms with Gasteiger partial charge in [-0.05, 0) is 25.0 Å². The molecule has 4 aromatic rings. The molecule has 0 saturated heterocycles. The van der Waals surface area contributed by atoms with E-state index in [0.29, 0.717) is 11.6 Å². The van der Waals surface area contributed by atoms with E-state index < -0.39 is 11.9 Å². The number of benzene rings is 2. The van der Waals surface area contributed by atoms with Crippen molar-refractivity contribution >= 4 is 33.3 Å².